The van der Waals surface area contributed by atoms with E-state index in [-0.39, 0.29) is 22.4 Å². The molecule has 0 aromatic heterocycles. The molecule has 4 unspecified atom stereocenters. The SMILES string of the molecule is COc1ccc(C2(O)c3c(ccc(/C=C/C4(C)CCC(C)(C)C(O)O4)c3O)NC(=O)C2OC)cc1. The number of hydrogen-bond acceptors (Lipinski definition) is 7. The second-order valence-corrected chi connectivity index (χ2v) is 10.1. The van der Waals surface area contributed by atoms with Gasteiger partial charge in [0.1, 0.15) is 11.5 Å². The van der Waals surface area contributed by atoms with Crippen molar-refractivity contribution in [2.75, 3.05) is 19.5 Å². The molecule has 0 spiro atoms. The van der Waals surface area contributed by atoms with Crippen molar-refractivity contribution < 1.29 is 34.3 Å². The Bertz CT molecular complexity index is 1140. The molecule has 2 aromatic carbocycles. The van der Waals surface area contributed by atoms with Crippen molar-refractivity contribution in [1.29, 1.82) is 0 Å². The molecule has 0 aliphatic carbocycles. The number of nitrogens with one attached hydrogen (secondary N) is 1. The standard InChI is InChI=1S/C27H33NO7/c1-25(2)14-15-26(3,35-24(25)31)13-12-16-6-11-19-20(21(16)29)27(32,22(34-5)23(30)28-19)17-7-9-18(33-4)10-8-17/h6-13,22,24,29,31-32H,14-15H2,1-5H3,(H,28,30)/b13-12+. The molecular weight excluding hydrogens is 450 g/mol. The molecular formula is C27H33NO7. The quantitative estimate of drug-likeness (QED) is 0.514. The van der Waals surface area contributed by atoms with Gasteiger partial charge in [0, 0.05) is 18.1 Å². The Balaban J connectivity index is 1.78. The van der Waals surface area contributed by atoms with E-state index in [9.17, 15) is 20.1 Å². The van der Waals surface area contributed by atoms with E-state index in [1.807, 2.05) is 20.8 Å². The van der Waals surface area contributed by atoms with E-state index in [0.717, 1.165) is 6.42 Å². The third-order valence-corrected chi connectivity index (χ3v) is 7.16. The Morgan fingerprint density at radius 3 is 2.37 bits per heavy atom. The van der Waals surface area contributed by atoms with Gasteiger partial charge in [-0.1, -0.05) is 38.1 Å². The van der Waals surface area contributed by atoms with Gasteiger partial charge in [0.25, 0.3) is 5.91 Å². The average Bonchev–Trinajstić information content (AvgIpc) is 2.82. The first-order chi connectivity index (χ1) is 16.4. The number of hydrogen-bond donors (Lipinski definition) is 4. The minimum absolute atomic E-state index is 0.132. The number of aliphatic hydroxyl groups is 2. The third-order valence-electron chi connectivity index (χ3n) is 7.16. The number of aliphatic hydroxyl groups excluding tert-OH is 1. The Morgan fingerprint density at radius 1 is 1.09 bits per heavy atom. The van der Waals surface area contributed by atoms with Crippen LogP contribution in [0.5, 0.6) is 11.5 Å². The number of benzene rings is 2. The minimum atomic E-state index is -1.96. The molecule has 2 aliphatic rings. The van der Waals surface area contributed by atoms with Gasteiger partial charge in [-0.05, 0) is 49.6 Å². The van der Waals surface area contributed by atoms with Crippen molar-refractivity contribution in [1.82, 2.24) is 0 Å². The van der Waals surface area contributed by atoms with Crippen molar-refractivity contribution >= 4 is 17.7 Å². The van der Waals surface area contributed by atoms with Gasteiger partial charge in [-0.3, -0.25) is 4.79 Å². The van der Waals surface area contributed by atoms with Gasteiger partial charge < -0.3 is 34.8 Å². The van der Waals surface area contributed by atoms with Crippen molar-refractivity contribution in [2.24, 2.45) is 5.41 Å². The van der Waals surface area contributed by atoms with Crippen LogP contribution in [-0.2, 0) is 19.9 Å². The zero-order valence-corrected chi connectivity index (χ0v) is 20.7. The molecule has 2 heterocycles. The number of phenols is 1. The van der Waals surface area contributed by atoms with Gasteiger partial charge in [-0.25, -0.2) is 0 Å². The lowest BCUT2D eigenvalue weighted by Crippen LogP contribution is -2.52. The smallest absolute Gasteiger partial charge is 0.257 e. The molecule has 0 radical (unpaired) electrons. The second-order valence-electron chi connectivity index (χ2n) is 10.1. The van der Waals surface area contributed by atoms with Crippen LogP contribution < -0.4 is 10.1 Å². The Morgan fingerprint density at radius 2 is 1.77 bits per heavy atom. The zero-order chi connectivity index (χ0) is 25.6. The number of ether oxygens (including phenoxy) is 3. The predicted molar refractivity (Wildman–Crippen MR) is 131 cm³/mol. The largest absolute Gasteiger partial charge is 0.507 e. The first kappa shape index (κ1) is 25.2. The van der Waals surface area contributed by atoms with Crippen LogP contribution in [0.2, 0.25) is 0 Å². The Labute approximate surface area is 205 Å². The summed E-state index contributed by atoms with van der Waals surface area (Å²) < 4.78 is 16.5. The van der Waals surface area contributed by atoms with Gasteiger partial charge in [-0.15, -0.1) is 0 Å². The van der Waals surface area contributed by atoms with Crippen LogP contribution in [0.3, 0.4) is 0 Å². The van der Waals surface area contributed by atoms with Gasteiger partial charge in [0.2, 0.25) is 0 Å². The summed E-state index contributed by atoms with van der Waals surface area (Å²) in [4.78, 5) is 12.8. The van der Waals surface area contributed by atoms with E-state index in [1.165, 1.54) is 14.2 Å². The average molecular weight is 484 g/mol. The third kappa shape index (κ3) is 4.31. The molecule has 2 aliphatic heterocycles. The molecule has 1 fully saturated rings. The maximum Gasteiger partial charge on any atom is 0.257 e. The number of aromatic hydroxyl groups is 1. The topological polar surface area (TPSA) is 117 Å². The summed E-state index contributed by atoms with van der Waals surface area (Å²) in [5.74, 6) is -0.140. The van der Waals surface area contributed by atoms with Crippen molar-refractivity contribution in [3.63, 3.8) is 0 Å². The summed E-state index contributed by atoms with van der Waals surface area (Å²) in [7, 11) is 2.87. The zero-order valence-electron chi connectivity index (χ0n) is 20.7. The first-order valence-corrected chi connectivity index (χ1v) is 11.6. The van der Waals surface area contributed by atoms with Crippen LogP contribution in [0.4, 0.5) is 5.69 Å². The fraction of sp³-hybridized carbons (Fsp3) is 0.444. The highest BCUT2D eigenvalue weighted by molar-refractivity contribution is 6.00. The fourth-order valence-corrected chi connectivity index (χ4v) is 4.73. The minimum Gasteiger partial charge on any atom is -0.507 e. The summed E-state index contributed by atoms with van der Waals surface area (Å²) in [6, 6.07) is 9.89. The molecule has 8 nitrogen and oxygen atoms in total. The van der Waals surface area contributed by atoms with Crippen LogP contribution in [0.1, 0.15) is 50.3 Å². The molecule has 4 atom stereocenters. The number of carbonyl (C=O) groups excluding carboxylic acids is 1. The van der Waals surface area contributed by atoms with Gasteiger partial charge >= 0.3 is 0 Å². The molecule has 1 amide bonds. The molecule has 4 N–H and O–H groups in total. The van der Waals surface area contributed by atoms with Crippen molar-refractivity contribution in [2.45, 2.75) is 57.2 Å². The highest BCUT2D eigenvalue weighted by Gasteiger charge is 2.51. The number of rotatable bonds is 5. The number of fused-ring (bicyclic) bond motifs is 1. The lowest BCUT2D eigenvalue weighted by atomic mass is 9.76. The van der Waals surface area contributed by atoms with Crippen LogP contribution in [-0.4, -0.2) is 53.4 Å². The lowest BCUT2D eigenvalue weighted by molar-refractivity contribution is -0.243. The molecule has 35 heavy (non-hydrogen) atoms. The van der Waals surface area contributed by atoms with Crippen LogP contribution in [0.25, 0.3) is 6.08 Å². The molecule has 0 bridgehead atoms. The summed E-state index contributed by atoms with van der Waals surface area (Å²) in [5, 5.41) is 36.4. The summed E-state index contributed by atoms with van der Waals surface area (Å²) in [6.45, 7) is 5.79. The first-order valence-electron chi connectivity index (χ1n) is 11.6. The predicted octanol–water partition coefficient (Wildman–Crippen LogP) is 3.53. The molecule has 188 valence electrons. The van der Waals surface area contributed by atoms with E-state index in [4.69, 9.17) is 14.2 Å². The fourth-order valence-electron chi connectivity index (χ4n) is 4.73. The Hall–Kier alpha value is -2.91. The molecule has 0 saturated carbocycles. The van der Waals surface area contributed by atoms with Gasteiger partial charge in [0.15, 0.2) is 18.0 Å². The number of methoxy groups -OCH3 is 2. The lowest BCUT2D eigenvalue weighted by Gasteiger charge is -2.43. The number of amides is 1. The summed E-state index contributed by atoms with van der Waals surface area (Å²) >= 11 is 0. The van der Waals surface area contributed by atoms with E-state index >= 15 is 0 Å². The monoisotopic (exact) mass is 483 g/mol. The molecule has 8 heteroatoms. The number of anilines is 1. The number of phenolic OH excluding ortho intramolecular Hbond substituents is 1. The molecule has 4 rings (SSSR count). The van der Waals surface area contributed by atoms with Crippen LogP contribution >= 0.6 is 0 Å². The second kappa shape index (κ2) is 8.95. The highest BCUT2D eigenvalue weighted by Crippen LogP contribution is 2.48. The number of carbonyl (C=O) groups is 1. The highest BCUT2D eigenvalue weighted by atomic mass is 16.6. The van der Waals surface area contributed by atoms with Crippen LogP contribution in [0, 0.1) is 5.41 Å². The normalized spacial score (nSPS) is 30.1. The van der Waals surface area contributed by atoms with E-state index < -0.39 is 29.5 Å². The van der Waals surface area contributed by atoms with E-state index in [2.05, 4.69) is 5.32 Å². The van der Waals surface area contributed by atoms with Crippen molar-refractivity contribution in [3.05, 3.63) is 59.2 Å². The van der Waals surface area contributed by atoms with Gasteiger partial charge in [0.05, 0.1) is 24.0 Å². The van der Waals surface area contributed by atoms with Gasteiger partial charge in [-0.2, -0.15) is 0 Å². The molecule has 1 saturated heterocycles. The maximum absolute atomic E-state index is 12.8. The Kier molecular flexibility index (Phi) is 6.44. The van der Waals surface area contributed by atoms with E-state index in [1.54, 1.807) is 48.6 Å². The molecule has 2 aromatic rings. The summed E-state index contributed by atoms with van der Waals surface area (Å²) in [6.07, 6.45) is 2.74. The maximum atomic E-state index is 12.8. The van der Waals surface area contributed by atoms with Crippen LogP contribution in [0.15, 0.2) is 42.5 Å². The van der Waals surface area contributed by atoms with E-state index in [0.29, 0.717) is 23.3 Å². The summed E-state index contributed by atoms with van der Waals surface area (Å²) in [5.41, 5.74) is -1.83. The van der Waals surface area contributed by atoms with Crippen molar-refractivity contribution in [3.8, 4) is 11.5 Å².